The van der Waals surface area contributed by atoms with E-state index in [1.54, 1.807) is 0 Å². The number of hydrogen-bond donors (Lipinski definition) is 0. The van der Waals surface area contributed by atoms with Crippen LogP contribution in [0.5, 0.6) is 0 Å². The van der Waals surface area contributed by atoms with E-state index in [-0.39, 0.29) is 29.6 Å². The van der Waals surface area contributed by atoms with E-state index in [0.29, 0.717) is 0 Å². The van der Waals surface area contributed by atoms with Crippen LogP contribution < -0.4 is 63.4 Å². The molecule has 11 heteroatoms. The summed E-state index contributed by atoms with van der Waals surface area (Å²) in [4.78, 5) is 0. The number of rotatable bonds is 0. The van der Waals surface area contributed by atoms with Gasteiger partial charge in [-0.2, -0.15) is 0 Å². The Bertz CT molecular complexity index is 226. The molecule has 11 heavy (non-hydrogen) atoms. The van der Waals surface area contributed by atoms with E-state index in [4.69, 9.17) is 27.9 Å². The summed E-state index contributed by atoms with van der Waals surface area (Å²) in [6.45, 7) is 0. The Hall–Kier alpha value is 1.41. The number of halogens is 1. The van der Waals surface area contributed by atoms with Gasteiger partial charge in [-0.15, -0.1) is 0 Å². The second-order valence-corrected chi connectivity index (χ2v) is 5.43. The molecule has 0 rings (SSSR count). The molecule has 0 aromatic heterocycles. The van der Waals surface area contributed by atoms with Crippen LogP contribution in [0.4, 0.5) is 0 Å². The van der Waals surface area contributed by atoms with Gasteiger partial charge in [-0.25, -0.2) is 0 Å². The SMILES string of the molecule is [Na+].[O-][I+3]([O-])([O-])[O-].[O]=[Os](=[O])(=[O])=[O]. The van der Waals surface area contributed by atoms with Crippen molar-refractivity contribution < 1.29 is 92.4 Å². The molecule has 0 N–H and O–H groups in total. The van der Waals surface area contributed by atoms with E-state index in [1.807, 2.05) is 0 Å². The van der Waals surface area contributed by atoms with Crippen molar-refractivity contribution in [1.29, 1.82) is 0 Å². The summed E-state index contributed by atoms with van der Waals surface area (Å²) >= 11 is -12.0. The van der Waals surface area contributed by atoms with E-state index in [2.05, 4.69) is 0 Å². The van der Waals surface area contributed by atoms with E-state index >= 15 is 0 Å². The van der Waals surface area contributed by atoms with Crippen LogP contribution in [0.3, 0.4) is 0 Å². The Morgan fingerprint density at radius 2 is 0.818 bits per heavy atom. The summed E-state index contributed by atoms with van der Waals surface area (Å²) in [5, 5.41) is 0. The maximum atomic E-state index is 8.63. The second-order valence-electron chi connectivity index (χ2n) is 0.732. The molecule has 0 aliphatic rings. The molecule has 0 spiro atoms. The predicted molar refractivity (Wildman–Crippen MR) is 2.75 cm³/mol. The van der Waals surface area contributed by atoms with Crippen LogP contribution >= 0.6 is 0 Å². The first kappa shape index (κ1) is 18.2. The Labute approximate surface area is 91.2 Å². The van der Waals surface area contributed by atoms with Crippen LogP contribution in [-0.4, -0.2) is 0 Å². The molecule has 8 nitrogen and oxygen atoms in total. The standard InChI is InChI=1S/IO4.Na.4O.Os/c2-1(3,4)5;;;;;;/q-1;+1;;;;;. The third kappa shape index (κ3) is 510. The Balaban J connectivity index is -0.000000107. The van der Waals surface area contributed by atoms with Crippen molar-refractivity contribution in [2.75, 3.05) is 0 Å². The van der Waals surface area contributed by atoms with Crippen LogP contribution in [-0.2, 0) is 29.0 Å². The van der Waals surface area contributed by atoms with Crippen molar-refractivity contribution in [1.82, 2.24) is 0 Å². The van der Waals surface area contributed by atoms with Gasteiger partial charge in [0.1, 0.15) is 20.1 Å². The molecule has 0 aromatic rings. The van der Waals surface area contributed by atoms with E-state index in [0.717, 1.165) is 0 Å². The molecule has 0 radical (unpaired) electrons. The molecule has 0 bridgehead atoms. The minimum atomic E-state index is -6.06. The van der Waals surface area contributed by atoms with Crippen molar-refractivity contribution in [2.24, 2.45) is 0 Å². The molecule has 0 fully saturated rings. The molecule has 0 unspecified atom stereocenters. The molecule has 0 aliphatic carbocycles. The Morgan fingerprint density at radius 1 is 0.818 bits per heavy atom. The molecule has 0 aliphatic heterocycles. The fourth-order valence-electron chi connectivity index (χ4n) is 0. The topological polar surface area (TPSA) is 161 Å². The van der Waals surface area contributed by atoms with Gasteiger partial charge in [0.05, 0.1) is 0 Å². The monoisotopic (exact) mass is 470 g/mol. The van der Waals surface area contributed by atoms with Gasteiger partial charge < -0.3 is 0 Å². The van der Waals surface area contributed by atoms with Crippen molar-refractivity contribution in [3.63, 3.8) is 0 Å². The van der Waals surface area contributed by atoms with E-state index in [9.17, 15) is 0 Å². The van der Waals surface area contributed by atoms with Gasteiger partial charge in [-0.05, 0) is 0 Å². The van der Waals surface area contributed by atoms with Crippen LogP contribution in [0.1, 0.15) is 0 Å². The zero-order valence-electron chi connectivity index (χ0n) is 5.00. The molecular formula is INaO8Os. The third-order valence-corrected chi connectivity index (χ3v) is 0. The van der Waals surface area contributed by atoms with Gasteiger partial charge >= 0.3 is 58.6 Å². The van der Waals surface area contributed by atoms with Gasteiger partial charge in [-0.3, -0.25) is 13.7 Å². The summed E-state index contributed by atoms with van der Waals surface area (Å²) in [6, 6.07) is 0. The van der Waals surface area contributed by atoms with Gasteiger partial charge in [0.25, 0.3) is 0 Å². The normalized spacial score (nSPS) is 10.5. The Morgan fingerprint density at radius 3 is 0.818 bits per heavy atom. The minimum absolute atomic E-state index is 0. The van der Waals surface area contributed by atoms with Crippen molar-refractivity contribution in [3.8, 4) is 0 Å². The van der Waals surface area contributed by atoms with E-state index in [1.165, 1.54) is 0 Å². The molecule has 64 valence electrons. The summed E-state index contributed by atoms with van der Waals surface area (Å²) in [7, 11) is 0. The van der Waals surface area contributed by atoms with Crippen molar-refractivity contribution in [2.45, 2.75) is 0 Å². The van der Waals surface area contributed by atoms with Crippen LogP contribution in [0.2, 0.25) is 0 Å². The maximum absolute atomic E-state index is 8.63. The van der Waals surface area contributed by atoms with Gasteiger partial charge in [0.2, 0.25) is 0 Å². The zero-order chi connectivity index (χ0) is 9.00. The summed E-state index contributed by atoms with van der Waals surface area (Å²) in [5.74, 6) is 0. The van der Waals surface area contributed by atoms with Gasteiger partial charge in [-0.1, -0.05) is 0 Å². The van der Waals surface area contributed by atoms with Crippen LogP contribution in [0.15, 0.2) is 0 Å². The average Bonchev–Trinajstić information content (AvgIpc) is 1.12. The first-order valence-electron chi connectivity index (χ1n) is 1.19. The quantitative estimate of drug-likeness (QED) is 0.250. The second kappa shape index (κ2) is 6.87. The van der Waals surface area contributed by atoms with Gasteiger partial charge in [0, 0.05) is 0 Å². The first-order chi connectivity index (χ1) is 4.00. The molecule has 0 aromatic carbocycles. The van der Waals surface area contributed by atoms with Crippen molar-refractivity contribution in [3.05, 3.63) is 0 Å². The molecule has 0 heterocycles. The summed E-state index contributed by atoms with van der Waals surface area (Å²) < 4.78 is 69.0. The third-order valence-electron chi connectivity index (χ3n) is 0. The molecular weight excluding hydrogens is 468 g/mol. The molecule has 0 saturated carbocycles. The van der Waals surface area contributed by atoms with Crippen molar-refractivity contribution >= 4 is 0 Å². The number of hydrogen-bond acceptors (Lipinski definition) is 8. The summed E-state index contributed by atoms with van der Waals surface area (Å²) in [5.41, 5.74) is 0. The van der Waals surface area contributed by atoms with E-state index < -0.39 is 34.9 Å². The molecule has 0 atom stereocenters. The van der Waals surface area contributed by atoms with Crippen LogP contribution in [0, 0.1) is 0 Å². The predicted octanol–water partition coefficient (Wildman–Crippen LogP) is -11.2. The van der Waals surface area contributed by atoms with Gasteiger partial charge in [0.15, 0.2) is 0 Å². The Kier molecular flexibility index (Phi) is 11.4. The first-order valence-corrected chi connectivity index (χ1v) is 8.87. The fraction of sp³-hybridized carbons (Fsp3) is 0. The average molecular weight is 468 g/mol. The molecule has 0 amide bonds. The molecule has 0 saturated heterocycles. The fourth-order valence-corrected chi connectivity index (χ4v) is 0. The van der Waals surface area contributed by atoms with Crippen LogP contribution in [0.25, 0.3) is 0 Å². The zero-order valence-corrected chi connectivity index (χ0v) is 11.7. The summed E-state index contributed by atoms with van der Waals surface area (Å²) in [6.07, 6.45) is 0.